The van der Waals surface area contributed by atoms with Gasteiger partial charge in [-0.15, -0.1) is 0 Å². The van der Waals surface area contributed by atoms with E-state index >= 15 is 0 Å². The van der Waals surface area contributed by atoms with Crippen LogP contribution in [0.1, 0.15) is 23.2 Å². The SMILES string of the molecule is NCCCN1CCCN(C(=O)c2c[nH]ccc2=O)CC1. The molecule has 0 unspecified atom stereocenters. The number of carbonyl (C=O) groups is 1. The average Bonchev–Trinajstić information content (AvgIpc) is 2.70. The summed E-state index contributed by atoms with van der Waals surface area (Å²) in [7, 11) is 0. The van der Waals surface area contributed by atoms with E-state index in [9.17, 15) is 9.59 Å². The Kier molecular flexibility index (Phi) is 5.31. The van der Waals surface area contributed by atoms with Crippen LogP contribution in [0.5, 0.6) is 0 Å². The summed E-state index contributed by atoms with van der Waals surface area (Å²) < 4.78 is 0. The number of amides is 1. The Balaban J connectivity index is 1.98. The van der Waals surface area contributed by atoms with E-state index in [-0.39, 0.29) is 16.9 Å². The lowest BCUT2D eigenvalue weighted by Crippen LogP contribution is -2.37. The van der Waals surface area contributed by atoms with Crippen LogP contribution in [-0.4, -0.2) is 60.0 Å². The van der Waals surface area contributed by atoms with Crippen LogP contribution in [0.2, 0.25) is 0 Å². The van der Waals surface area contributed by atoms with Gasteiger partial charge in [-0.2, -0.15) is 0 Å². The van der Waals surface area contributed by atoms with Crippen molar-refractivity contribution in [2.45, 2.75) is 12.8 Å². The molecule has 0 aliphatic carbocycles. The van der Waals surface area contributed by atoms with Crippen LogP contribution >= 0.6 is 0 Å². The zero-order chi connectivity index (χ0) is 14.4. The van der Waals surface area contributed by atoms with Crippen LogP contribution in [-0.2, 0) is 0 Å². The van der Waals surface area contributed by atoms with Crippen molar-refractivity contribution in [1.29, 1.82) is 0 Å². The number of aromatic amines is 1. The Hall–Kier alpha value is -1.66. The Labute approximate surface area is 118 Å². The number of pyridine rings is 1. The van der Waals surface area contributed by atoms with Crippen molar-refractivity contribution < 1.29 is 4.79 Å². The van der Waals surface area contributed by atoms with Gasteiger partial charge in [-0.1, -0.05) is 0 Å². The maximum atomic E-state index is 12.4. The lowest BCUT2D eigenvalue weighted by atomic mass is 10.2. The van der Waals surface area contributed by atoms with Gasteiger partial charge >= 0.3 is 0 Å². The first kappa shape index (κ1) is 14.7. The monoisotopic (exact) mass is 278 g/mol. The first-order valence-electron chi connectivity index (χ1n) is 7.11. The molecule has 1 aliphatic heterocycles. The van der Waals surface area contributed by atoms with Crippen molar-refractivity contribution >= 4 is 5.91 Å². The molecule has 1 fully saturated rings. The molecule has 1 aromatic heterocycles. The molecule has 1 aliphatic rings. The topological polar surface area (TPSA) is 82.4 Å². The van der Waals surface area contributed by atoms with Gasteiger partial charge in [0.25, 0.3) is 5.91 Å². The van der Waals surface area contributed by atoms with Gasteiger partial charge in [0.2, 0.25) is 0 Å². The highest BCUT2D eigenvalue weighted by Crippen LogP contribution is 2.07. The lowest BCUT2D eigenvalue weighted by Gasteiger charge is -2.21. The van der Waals surface area contributed by atoms with Gasteiger partial charge in [-0.25, -0.2) is 0 Å². The van der Waals surface area contributed by atoms with Crippen LogP contribution in [0.25, 0.3) is 0 Å². The van der Waals surface area contributed by atoms with Gasteiger partial charge in [-0.05, 0) is 32.5 Å². The Morgan fingerprint density at radius 3 is 2.90 bits per heavy atom. The third kappa shape index (κ3) is 3.68. The second-order valence-electron chi connectivity index (χ2n) is 5.05. The third-order valence-electron chi connectivity index (χ3n) is 3.61. The predicted octanol–water partition coefficient (Wildman–Crippen LogP) is -0.128. The Bertz CT molecular complexity index is 500. The normalized spacial score (nSPS) is 16.9. The van der Waals surface area contributed by atoms with Crippen molar-refractivity contribution in [3.63, 3.8) is 0 Å². The van der Waals surface area contributed by atoms with Gasteiger partial charge in [-0.3, -0.25) is 9.59 Å². The van der Waals surface area contributed by atoms with Crippen LogP contribution in [0.4, 0.5) is 0 Å². The molecule has 6 heteroatoms. The molecule has 0 radical (unpaired) electrons. The molecule has 0 aromatic carbocycles. The quantitative estimate of drug-likeness (QED) is 0.804. The number of nitrogens with zero attached hydrogens (tertiary/aromatic N) is 2. The molecule has 1 aromatic rings. The Morgan fingerprint density at radius 2 is 2.15 bits per heavy atom. The average molecular weight is 278 g/mol. The van der Waals surface area contributed by atoms with Gasteiger partial charge in [0, 0.05) is 38.1 Å². The number of H-pyrrole nitrogens is 1. The summed E-state index contributed by atoms with van der Waals surface area (Å²) in [4.78, 5) is 31.0. The molecule has 110 valence electrons. The number of carbonyl (C=O) groups excluding carboxylic acids is 1. The van der Waals surface area contributed by atoms with E-state index in [0.29, 0.717) is 19.6 Å². The second kappa shape index (κ2) is 7.21. The minimum absolute atomic E-state index is 0.174. The van der Waals surface area contributed by atoms with Crippen molar-refractivity contribution in [2.75, 3.05) is 39.3 Å². The molecule has 0 bridgehead atoms. The molecule has 1 saturated heterocycles. The van der Waals surface area contributed by atoms with Crippen molar-refractivity contribution in [3.8, 4) is 0 Å². The first-order valence-corrected chi connectivity index (χ1v) is 7.11. The van der Waals surface area contributed by atoms with E-state index in [4.69, 9.17) is 5.73 Å². The highest BCUT2D eigenvalue weighted by Gasteiger charge is 2.21. The van der Waals surface area contributed by atoms with Crippen LogP contribution in [0.15, 0.2) is 23.3 Å². The van der Waals surface area contributed by atoms with Crippen LogP contribution in [0.3, 0.4) is 0 Å². The van der Waals surface area contributed by atoms with Crippen molar-refractivity contribution in [2.24, 2.45) is 5.73 Å². The van der Waals surface area contributed by atoms with E-state index < -0.39 is 0 Å². The number of nitrogens with two attached hydrogens (primary N) is 1. The van der Waals surface area contributed by atoms with E-state index in [1.165, 1.54) is 18.5 Å². The fourth-order valence-electron chi connectivity index (χ4n) is 2.47. The zero-order valence-corrected chi connectivity index (χ0v) is 11.7. The number of hydrogen-bond donors (Lipinski definition) is 2. The molecular formula is C14H22N4O2. The maximum Gasteiger partial charge on any atom is 0.259 e. The zero-order valence-electron chi connectivity index (χ0n) is 11.7. The molecular weight excluding hydrogens is 256 g/mol. The summed E-state index contributed by atoms with van der Waals surface area (Å²) in [5, 5.41) is 0. The van der Waals surface area contributed by atoms with Gasteiger partial charge in [0.15, 0.2) is 5.43 Å². The molecule has 0 spiro atoms. The van der Waals surface area contributed by atoms with Crippen molar-refractivity contribution in [3.05, 3.63) is 34.2 Å². The highest BCUT2D eigenvalue weighted by molar-refractivity contribution is 5.93. The standard InChI is InChI=1S/C14H22N4O2/c15-4-1-6-17-7-2-8-18(10-9-17)14(20)12-11-16-5-3-13(12)19/h3,5,11H,1-2,4,6-10,15H2,(H,16,19). The number of hydrogen-bond acceptors (Lipinski definition) is 4. The van der Waals surface area contributed by atoms with E-state index in [1.807, 2.05) is 0 Å². The van der Waals surface area contributed by atoms with Gasteiger partial charge in [0.1, 0.15) is 5.56 Å². The third-order valence-corrected chi connectivity index (χ3v) is 3.61. The summed E-state index contributed by atoms with van der Waals surface area (Å²) in [5.74, 6) is -0.174. The highest BCUT2D eigenvalue weighted by atomic mass is 16.2. The Morgan fingerprint density at radius 1 is 1.30 bits per heavy atom. The summed E-state index contributed by atoms with van der Waals surface area (Å²) >= 11 is 0. The molecule has 2 heterocycles. The van der Waals surface area contributed by atoms with Crippen LogP contribution in [0, 0.1) is 0 Å². The molecule has 1 amide bonds. The van der Waals surface area contributed by atoms with Crippen molar-refractivity contribution in [1.82, 2.24) is 14.8 Å². The maximum absolute atomic E-state index is 12.4. The van der Waals surface area contributed by atoms with Gasteiger partial charge < -0.3 is 20.5 Å². The predicted molar refractivity (Wildman–Crippen MR) is 77.7 cm³/mol. The second-order valence-corrected chi connectivity index (χ2v) is 5.05. The van der Waals surface area contributed by atoms with Crippen LogP contribution < -0.4 is 11.2 Å². The minimum Gasteiger partial charge on any atom is -0.367 e. The number of rotatable bonds is 4. The van der Waals surface area contributed by atoms with E-state index in [1.54, 1.807) is 4.90 Å². The first-order chi connectivity index (χ1) is 9.72. The minimum atomic E-state index is -0.224. The molecule has 20 heavy (non-hydrogen) atoms. The number of aromatic nitrogens is 1. The van der Waals surface area contributed by atoms with E-state index in [2.05, 4.69) is 9.88 Å². The molecule has 0 saturated carbocycles. The summed E-state index contributed by atoms with van der Waals surface area (Å²) in [6.45, 7) is 4.86. The summed E-state index contributed by atoms with van der Waals surface area (Å²) in [6.07, 6.45) is 4.94. The molecule has 0 atom stereocenters. The molecule has 2 rings (SSSR count). The summed E-state index contributed by atoms with van der Waals surface area (Å²) in [5.41, 5.74) is 5.52. The fourth-order valence-corrected chi connectivity index (χ4v) is 2.47. The smallest absolute Gasteiger partial charge is 0.259 e. The summed E-state index contributed by atoms with van der Waals surface area (Å²) in [6, 6.07) is 1.39. The molecule has 6 nitrogen and oxygen atoms in total. The largest absolute Gasteiger partial charge is 0.367 e. The fraction of sp³-hybridized carbons (Fsp3) is 0.571. The van der Waals surface area contributed by atoms with Gasteiger partial charge in [0.05, 0.1) is 0 Å². The van der Waals surface area contributed by atoms with E-state index in [0.717, 1.165) is 32.5 Å². The number of nitrogens with one attached hydrogen (secondary N) is 1. The molecule has 3 N–H and O–H groups in total. The lowest BCUT2D eigenvalue weighted by molar-refractivity contribution is 0.0759.